The van der Waals surface area contributed by atoms with Crippen LogP contribution >= 0.6 is 0 Å². The van der Waals surface area contributed by atoms with E-state index in [4.69, 9.17) is 4.74 Å². The summed E-state index contributed by atoms with van der Waals surface area (Å²) in [5, 5.41) is 0. The van der Waals surface area contributed by atoms with Crippen molar-refractivity contribution in [2.75, 3.05) is 13.2 Å². The zero-order valence-electron chi connectivity index (χ0n) is 7.72. The lowest BCUT2D eigenvalue weighted by Crippen LogP contribution is -2.09. The normalized spacial score (nSPS) is 33.9. The van der Waals surface area contributed by atoms with Gasteiger partial charge in [-0.2, -0.15) is 0 Å². The predicted octanol–water partition coefficient (Wildman–Crippen LogP) is 1.16. The first-order valence-corrected chi connectivity index (χ1v) is 4.90. The van der Waals surface area contributed by atoms with Crippen molar-refractivity contribution in [1.82, 2.24) is 4.98 Å². The summed E-state index contributed by atoms with van der Waals surface area (Å²) in [6, 6.07) is 3.64. The van der Waals surface area contributed by atoms with Gasteiger partial charge in [-0.3, -0.25) is 9.78 Å². The molecule has 0 amide bonds. The lowest BCUT2D eigenvalue weighted by Gasteiger charge is -2.02. The monoisotopic (exact) mass is 189 g/mol. The summed E-state index contributed by atoms with van der Waals surface area (Å²) >= 11 is 0. The number of carbonyl (C=O) groups is 1. The number of hydrogen-bond acceptors (Lipinski definition) is 3. The zero-order valence-corrected chi connectivity index (χ0v) is 7.72. The smallest absolute Gasteiger partial charge is 0.168 e. The molecule has 14 heavy (non-hydrogen) atoms. The van der Waals surface area contributed by atoms with Crippen molar-refractivity contribution in [3.8, 4) is 0 Å². The molecule has 0 radical (unpaired) electrons. The van der Waals surface area contributed by atoms with E-state index in [1.807, 2.05) is 12.1 Å². The molecule has 2 unspecified atom stereocenters. The lowest BCUT2D eigenvalue weighted by molar-refractivity contribution is 0.0893. The highest BCUT2D eigenvalue weighted by molar-refractivity contribution is 5.99. The minimum atomic E-state index is 0.216. The van der Waals surface area contributed by atoms with E-state index in [0.29, 0.717) is 11.8 Å². The molecule has 2 fully saturated rings. The Morgan fingerprint density at radius 2 is 2.21 bits per heavy atom. The van der Waals surface area contributed by atoms with E-state index >= 15 is 0 Å². The van der Waals surface area contributed by atoms with Crippen LogP contribution < -0.4 is 0 Å². The molecular weight excluding hydrogens is 178 g/mol. The van der Waals surface area contributed by atoms with Gasteiger partial charge in [0.25, 0.3) is 0 Å². The fourth-order valence-corrected chi connectivity index (χ4v) is 2.33. The third-order valence-corrected chi connectivity index (χ3v) is 3.20. The molecule has 3 rings (SSSR count). The van der Waals surface area contributed by atoms with Gasteiger partial charge in [0, 0.05) is 23.9 Å². The second-order valence-corrected chi connectivity index (χ2v) is 4.00. The van der Waals surface area contributed by atoms with Gasteiger partial charge in [0.05, 0.1) is 13.2 Å². The van der Waals surface area contributed by atoms with E-state index in [-0.39, 0.29) is 11.7 Å². The fraction of sp³-hybridized carbons (Fsp3) is 0.455. The average Bonchev–Trinajstić information content (AvgIpc) is 2.72. The van der Waals surface area contributed by atoms with Crippen LogP contribution in [-0.2, 0) is 4.74 Å². The number of rotatable bonds is 2. The number of fused-ring (bicyclic) bond motifs is 1. The van der Waals surface area contributed by atoms with Crippen LogP contribution in [0.4, 0.5) is 0 Å². The summed E-state index contributed by atoms with van der Waals surface area (Å²) < 4.78 is 5.25. The molecule has 2 aliphatic rings. The molecule has 1 aliphatic heterocycles. The van der Waals surface area contributed by atoms with Gasteiger partial charge >= 0.3 is 0 Å². The molecule has 3 heteroatoms. The maximum absolute atomic E-state index is 11.9. The summed E-state index contributed by atoms with van der Waals surface area (Å²) in [5.41, 5.74) is 0.743. The highest BCUT2D eigenvalue weighted by atomic mass is 16.5. The van der Waals surface area contributed by atoms with Crippen molar-refractivity contribution in [3.63, 3.8) is 0 Å². The van der Waals surface area contributed by atoms with Crippen LogP contribution in [0.5, 0.6) is 0 Å². The summed E-state index contributed by atoms with van der Waals surface area (Å²) in [4.78, 5) is 15.9. The van der Waals surface area contributed by atoms with E-state index in [9.17, 15) is 4.79 Å². The summed E-state index contributed by atoms with van der Waals surface area (Å²) in [6.07, 6.45) is 3.34. The van der Waals surface area contributed by atoms with Crippen molar-refractivity contribution in [3.05, 3.63) is 30.1 Å². The van der Waals surface area contributed by atoms with Crippen molar-refractivity contribution < 1.29 is 9.53 Å². The maximum atomic E-state index is 11.9. The van der Waals surface area contributed by atoms with E-state index in [2.05, 4.69) is 4.98 Å². The number of ketones is 1. The average molecular weight is 189 g/mol. The number of nitrogens with zero attached hydrogens (tertiary/aromatic N) is 1. The highest BCUT2D eigenvalue weighted by Gasteiger charge is 2.57. The Bertz CT molecular complexity index is 353. The number of pyridine rings is 1. The van der Waals surface area contributed by atoms with Crippen LogP contribution in [0.25, 0.3) is 0 Å². The lowest BCUT2D eigenvalue weighted by atomic mass is 10.1. The van der Waals surface area contributed by atoms with Crippen LogP contribution in [0, 0.1) is 17.8 Å². The summed E-state index contributed by atoms with van der Waals surface area (Å²) in [6.45, 7) is 1.53. The molecule has 1 saturated carbocycles. The van der Waals surface area contributed by atoms with Gasteiger partial charge in [0.2, 0.25) is 0 Å². The molecule has 3 nitrogen and oxygen atoms in total. The molecule has 0 spiro atoms. The Hall–Kier alpha value is -1.22. The van der Waals surface area contributed by atoms with Crippen LogP contribution in [-0.4, -0.2) is 24.0 Å². The first-order chi connectivity index (χ1) is 6.88. The van der Waals surface area contributed by atoms with Crippen molar-refractivity contribution in [1.29, 1.82) is 0 Å². The van der Waals surface area contributed by atoms with Crippen molar-refractivity contribution in [2.24, 2.45) is 17.8 Å². The summed E-state index contributed by atoms with van der Waals surface area (Å²) in [7, 11) is 0. The third-order valence-electron chi connectivity index (χ3n) is 3.20. The summed E-state index contributed by atoms with van der Waals surface area (Å²) in [5.74, 6) is 1.44. The van der Waals surface area contributed by atoms with Crippen LogP contribution in [0.15, 0.2) is 24.5 Å². The Morgan fingerprint density at radius 1 is 1.43 bits per heavy atom. The van der Waals surface area contributed by atoms with Gasteiger partial charge in [-0.1, -0.05) is 0 Å². The van der Waals surface area contributed by atoms with Gasteiger partial charge in [0.15, 0.2) is 5.78 Å². The largest absolute Gasteiger partial charge is 0.381 e. The molecule has 1 saturated heterocycles. The number of aromatic nitrogens is 1. The van der Waals surface area contributed by atoms with Gasteiger partial charge in [-0.15, -0.1) is 0 Å². The van der Waals surface area contributed by atoms with Gasteiger partial charge in [-0.25, -0.2) is 0 Å². The van der Waals surface area contributed by atoms with Crippen LogP contribution in [0.2, 0.25) is 0 Å². The van der Waals surface area contributed by atoms with Gasteiger partial charge in [-0.05, 0) is 24.0 Å². The standard InChI is InChI=1S/C11H11NO2/c13-11(7-2-1-3-12-4-7)10-8-5-14-6-9(8)10/h1-4,8-10H,5-6H2. The zero-order chi connectivity index (χ0) is 9.54. The first kappa shape index (κ1) is 8.12. The molecule has 0 aromatic carbocycles. The first-order valence-electron chi connectivity index (χ1n) is 4.90. The Labute approximate surface area is 82.1 Å². The van der Waals surface area contributed by atoms with Crippen molar-refractivity contribution >= 4 is 5.78 Å². The predicted molar refractivity (Wildman–Crippen MR) is 49.9 cm³/mol. The van der Waals surface area contributed by atoms with E-state index in [1.165, 1.54) is 0 Å². The van der Waals surface area contributed by atoms with Gasteiger partial charge < -0.3 is 4.74 Å². The molecule has 2 atom stereocenters. The van der Waals surface area contributed by atoms with Crippen LogP contribution in [0.1, 0.15) is 10.4 Å². The van der Waals surface area contributed by atoms with Crippen molar-refractivity contribution in [2.45, 2.75) is 0 Å². The second kappa shape index (κ2) is 2.89. The molecule has 1 aliphatic carbocycles. The van der Waals surface area contributed by atoms with E-state index in [1.54, 1.807) is 12.4 Å². The van der Waals surface area contributed by atoms with E-state index < -0.39 is 0 Å². The third kappa shape index (κ3) is 1.09. The SMILES string of the molecule is O=C(c1cccnc1)C1C2COCC21. The fourth-order valence-electron chi connectivity index (χ4n) is 2.33. The minimum absolute atomic E-state index is 0.216. The molecule has 1 aromatic rings. The number of Topliss-reactive ketones (excluding diaryl/α,β-unsaturated/α-hetero) is 1. The second-order valence-electron chi connectivity index (χ2n) is 4.00. The molecule has 1 aromatic heterocycles. The molecule has 72 valence electrons. The maximum Gasteiger partial charge on any atom is 0.168 e. The van der Waals surface area contributed by atoms with E-state index in [0.717, 1.165) is 18.8 Å². The van der Waals surface area contributed by atoms with Gasteiger partial charge in [0.1, 0.15) is 0 Å². The highest BCUT2D eigenvalue weighted by Crippen LogP contribution is 2.52. The Morgan fingerprint density at radius 3 is 2.86 bits per heavy atom. The Balaban J connectivity index is 1.79. The number of hydrogen-bond donors (Lipinski definition) is 0. The molecular formula is C11H11NO2. The molecule has 0 N–H and O–H groups in total. The number of ether oxygens (including phenoxy) is 1. The quantitative estimate of drug-likeness (QED) is 0.655. The minimum Gasteiger partial charge on any atom is -0.381 e. The number of carbonyl (C=O) groups excluding carboxylic acids is 1. The molecule has 2 heterocycles. The molecule has 0 bridgehead atoms. The Kier molecular flexibility index (Phi) is 1.67. The van der Waals surface area contributed by atoms with Crippen LogP contribution in [0.3, 0.4) is 0 Å². The topological polar surface area (TPSA) is 39.2 Å².